The van der Waals surface area contributed by atoms with Crippen LogP contribution in [-0.2, 0) is 11.3 Å². The van der Waals surface area contributed by atoms with E-state index in [-0.39, 0.29) is 29.9 Å². The quantitative estimate of drug-likeness (QED) is 0.511. The summed E-state index contributed by atoms with van der Waals surface area (Å²) in [5.41, 5.74) is 1.29. The summed E-state index contributed by atoms with van der Waals surface area (Å²) in [7, 11) is 2.95. The summed E-state index contributed by atoms with van der Waals surface area (Å²) in [4.78, 5) is 27.9. The first kappa shape index (κ1) is 23.2. The van der Waals surface area contributed by atoms with Gasteiger partial charge < -0.3 is 19.7 Å². The van der Waals surface area contributed by atoms with Gasteiger partial charge >= 0.3 is 6.61 Å². The van der Waals surface area contributed by atoms with Crippen molar-refractivity contribution in [3.63, 3.8) is 0 Å². The lowest BCUT2D eigenvalue weighted by Crippen LogP contribution is -2.40. The van der Waals surface area contributed by atoms with Crippen LogP contribution in [0, 0.1) is 0 Å². The zero-order valence-corrected chi connectivity index (χ0v) is 18.3. The average Bonchev–Trinajstić information content (AvgIpc) is 3.33. The molecule has 1 unspecified atom stereocenters. The minimum absolute atomic E-state index is 0.0920. The van der Waals surface area contributed by atoms with E-state index in [2.05, 4.69) is 10.1 Å². The molecule has 1 N–H and O–H groups in total. The van der Waals surface area contributed by atoms with E-state index in [4.69, 9.17) is 4.74 Å². The summed E-state index contributed by atoms with van der Waals surface area (Å²) >= 11 is 1.28. The fraction of sp³-hybridized carbons (Fsp3) is 0.217. The Labute approximate surface area is 188 Å². The van der Waals surface area contributed by atoms with Crippen molar-refractivity contribution in [3.05, 3.63) is 82.0 Å². The predicted octanol–water partition coefficient (Wildman–Crippen LogP) is 4.49. The van der Waals surface area contributed by atoms with Crippen molar-refractivity contribution < 1.29 is 27.8 Å². The highest BCUT2D eigenvalue weighted by molar-refractivity contribution is 7.12. The Morgan fingerprint density at radius 3 is 2.44 bits per heavy atom. The first-order valence-corrected chi connectivity index (χ1v) is 10.5. The van der Waals surface area contributed by atoms with E-state index in [1.807, 2.05) is 6.07 Å². The van der Waals surface area contributed by atoms with Crippen molar-refractivity contribution >= 4 is 23.2 Å². The zero-order valence-electron chi connectivity index (χ0n) is 17.5. The van der Waals surface area contributed by atoms with Gasteiger partial charge in [-0.3, -0.25) is 9.59 Å². The SMILES string of the molecule is COc1cc(CN(C)C(=O)C(NC(=O)c2cccs2)c2ccccc2)ccc1OC(F)F. The predicted molar refractivity (Wildman–Crippen MR) is 117 cm³/mol. The molecule has 3 rings (SSSR count). The van der Waals surface area contributed by atoms with Gasteiger partial charge in [-0.1, -0.05) is 42.5 Å². The molecule has 2 aromatic carbocycles. The van der Waals surface area contributed by atoms with Crippen molar-refractivity contribution in [1.29, 1.82) is 0 Å². The molecule has 1 heterocycles. The highest BCUT2D eigenvalue weighted by Crippen LogP contribution is 2.30. The monoisotopic (exact) mass is 460 g/mol. The number of carbonyl (C=O) groups excluding carboxylic acids is 2. The third kappa shape index (κ3) is 5.82. The van der Waals surface area contributed by atoms with E-state index in [0.29, 0.717) is 16.0 Å². The molecular formula is C23H22F2N2O4S. The lowest BCUT2D eigenvalue weighted by atomic mass is 10.0. The molecule has 1 aromatic heterocycles. The van der Waals surface area contributed by atoms with Crippen molar-refractivity contribution in [2.24, 2.45) is 0 Å². The number of hydrogen-bond donors (Lipinski definition) is 1. The molecule has 0 aliphatic rings. The summed E-state index contributed by atoms with van der Waals surface area (Å²) in [5.74, 6) is -0.626. The van der Waals surface area contributed by atoms with Crippen LogP contribution in [0.5, 0.6) is 11.5 Å². The molecular weight excluding hydrogens is 438 g/mol. The number of nitrogens with zero attached hydrogens (tertiary/aromatic N) is 1. The van der Waals surface area contributed by atoms with Gasteiger partial charge in [-0.15, -0.1) is 11.3 Å². The van der Waals surface area contributed by atoms with Gasteiger partial charge in [0.25, 0.3) is 5.91 Å². The average molecular weight is 461 g/mol. The maximum Gasteiger partial charge on any atom is 0.387 e. The van der Waals surface area contributed by atoms with Gasteiger partial charge in [0.1, 0.15) is 6.04 Å². The highest BCUT2D eigenvalue weighted by Gasteiger charge is 2.26. The summed E-state index contributed by atoms with van der Waals surface area (Å²) in [5, 5.41) is 4.59. The number of carbonyl (C=O) groups is 2. The van der Waals surface area contributed by atoms with Crippen LogP contribution < -0.4 is 14.8 Å². The maximum atomic E-state index is 13.3. The molecule has 168 valence electrons. The molecule has 1 atom stereocenters. The molecule has 0 spiro atoms. The fourth-order valence-corrected chi connectivity index (χ4v) is 3.75. The van der Waals surface area contributed by atoms with Crippen LogP contribution >= 0.6 is 11.3 Å². The Kier molecular flexibility index (Phi) is 7.77. The molecule has 0 fully saturated rings. The third-order valence-electron chi connectivity index (χ3n) is 4.64. The Hall–Kier alpha value is -3.46. The largest absolute Gasteiger partial charge is 0.493 e. The lowest BCUT2D eigenvalue weighted by molar-refractivity contribution is -0.132. The molecule has 3 aromatic rings. The Morgan fingerprint density at radius 2 is 1.81 bits per heavy atom. The zero-order chi connectivity index (χ0) is 23.1. The standard InChI is InChI=1S/C23H22F2N2O4S/c1-27(14-15-10-11-17(31-23(24)25)18(13-15)30-2)22(29)20(16-7-4-3-5-8-16)26-21(28)19-9-6-12-32-19/h3-13,20,23H,14H2,1-2H3,(H,26,28). The number of halogens is 2. The van der Waals surface area contributed by atoms with Gasteiger partial charge in [0, 0.05) is 13.6 Å². The second-order valence-electron chi connectivity index (χ2n) is 6.85. The Balaban J connectivity index is 1.79. The van der Waals surface area contributed by atoms with Crippen LogP contribution in [0.25, 0.3) is 0 Å². The number of nitrogens with one attached hydrogen (secondary N) is 1. The van der Waals surface area contributed by atoms with Crippen LogP contribution in [0.15, 0.2) is 66.0 Å². The van der Waals surface area contributed by atoms with Crippen molar-refractivity contribution in [2.45, 2.75) is 19.2 Å². The van der Waals surface area contributed by atoms with Gasteiger partial charge in [-0.2, -0.15) is 8.78 Å². The molecule has 9 heteroatoms. The molecule has 0 aliphatic heterocycles. The molecule has 6 nitrogen and oxygen atoms in total. The van der Waals surface area contributed by atoms with Crippen LogP contribution in [0.2, 0.25) is 0 Å². The number of alkyl halides is 2. The summed E-state index contributed by atoms with van der Waals surface area (Å²) in [6.07, 6.45) is 0. The second kappa shape index (κ2) is 10.7. The molecule has 32 heavy (non-hydrogen) atoms. The van der Waals surface area contributed by atoms with Gasteiger partial charge in [0.05, 0.1) is 12.0 Å². The maximum absolute atomic E-state index is 13.3. The van der Waals surface area contributed by atoms with E-state index in [0.717, 1.165) is 0 Å². The first-order valence-electron chi connectivity index (χ1n) is 9.65. The topological polar surface area (TPSA) is 67.9 Å². The number of methoxy groups -OCH3 is 1. The molecule has 0 radical (unpaired) electrons. The minimum atomic E-state index is -2.97. The lowest BCUT2D eigenvalue weighted by Gasteiger charge is -2.25. The Morgan fingerprint density at radius 1 is 1.06 bits per heavy atom. The molecule has 0 saturated heterocycles. The number of likely N-dealkylation sites (N-methyl/N-ethyl adjacent to an activating group) is 1. The van der Waals surface area contributed by atoms with E-state index < -0.39 is 12.7 Å². The minimum Gasteiger partial charge on any atom is -0.493 e. The van der Waals surface area contributed by atoms with Gasteiger partial charge in [0.2, 0.25) is 5.91 Å². The van der Waals surface area contributed by atoms with Crippen LogP contribution in [0.4, 0.5) is 8.78 Å². The molecule has 0 bridgehead atoms. The van der Waals surface area contributed by atoms with E-state index >= 15 is 0 Å². The summed E-state index contributed by atoms with van der Waals surface area (Å²) < 4.78 is 34.6. The molecule has 2 amide bonds. The fourth-order valence-electron chi connectivity index (χ4n) is 3.12. The van der Waals surface area contributed by atoms with E-state index in [1.54, 1.807) is 54.9 Å². The molecule has 0 aliphatic carbocycles. The van der Waals surface area contributed by atoms with Gasteiger partial charge in [0.15, 0.2) is 11.5 Å². The number of thiophene rings is 1. The van der Waals surface area contributed by atoms with Crippen LogP contribution in [0.1, 0.15) is 26.8 Å². The second-order valence-corrected chi connectivity index (χ2v) is 7.80. The normalized spacial score (nSPS) is 11.7. The first-order chi connectivity index (χ1) is 15.4. The van der Waals surface area contributed by atoms with E-state index in [1.165, 1.54) is 35.5 Å². The third-order valence-corrected chi connectivity index (χ3v) is 5.51. The smallest absolute Gasteiger partial charge is 0.387 e. The summed E-state index contributed by atoms with van der Waals surface area (Å²) in [6.45, 7) is -2.81. The van der Waals surface area contributed by atoms with Gasteiger partial charge in [-0.05, 0) is 34.7 Å². The van der Waals surface area contributed by atoms with Crippen LogP contribution in [0.3, 0.4) is 0 Å². The number of amides is 2. The summed E-state index contributed by atoms with van der Waals surface area (Å²) in [6, 6.07) is 16.0. The van der Waals surface area contributed by atoms with E-state index in [9.17, 15) is 18.4 Å². The van der Waals surface area contributed by atoms with Gasteiger partial charge in [-0.25, -0.2) is 0 Å². The number of hydrogen-bond acceptors (Lipinski definition) is 5. The number of ether oxygens (including phenoxy) is 2. The Bertz CT molecular complexity index is 1050. The van der Waals surface area contributed by atoms with Crippen molar-refractivity contribution in [3.8, 4) is 11.5 Å². The van der Waals surface area contributed by atoms with Crippen LogP contribution in [-0.4, -0.2) is 37.5 Å². The van der Waals surface area contributed by atoms with Crippen molar-refractivity contribution in [1.82, 2.24) is 10.2 Å². The van der Waals surface area contributed by atoms with Crippen molar-refractivity contribution in [2.75, 3.05) is 14.2 Å². The number of rotatable bonds is 9. The number of benzene rings is 2. The molecule has 0 saturated carbocycles. The highest BCUT2D eigenvalue weighted by atomic mass is 32.1.